The van der Waals surface area contributed by atoms with Crippen molar-refractivity contribution in [1.82, 2.24) is 19.7 Å². The fraction of sp³-hybridized carbons (Fsp3) is 0.750. The van der Waals surface area contributed by atoms with Crippen LogP contribution in [0.2, 0.25) is 0 Å². The van der Waals surface area contributed by atoms with Gasteiger partial charge in [-0.05, 0) is 75.7 Å². The third-order valence-electron chi connectivity index (χ3n) is 7.39. The minimum absolute atomic E-state index is 0.212. The normalized spacial score (nSPS) is 25.3. The van der Waals surface area contributed by atoms with E-state index in [1.54, 1.807) is 0 Å². The molecule has 5 nitrogen and oxygen atoms in total. The number of rotatable bonds is 6. The van der Waals surface area contributed by atoms with Crippen LogP contribution in [0, 0.1) is 11.8 Å². The van der Waals surface area contributed by atoms with Crippen LogP contribution in [0.15, 0.2) is 24.5 Å². The average Bonchev–Trinajstić information content (AvgIpc) is 3.27. The zero-order chi connectivity index (χ0) is 20.1. The second-order valence-corrected chi connectivity index (χ2v) is 9.57. The van der Waals surface area contributed by atoms with E-state index in [-0.39, 0.29) is 5.92 Å². The lowest BCUT2D eigenvalue weighted by Crippen LogP contribution is -2.51. The highest BCUT2D eigenvalue weighted by Gasteiger charge is 2.33. The van der Waals surface area contributed by atoms with Crippen molar-refractivity contribution >= 4 is 5.91 Å². The summed E-state index contributed by atoms with van der Waals surface area (Å²) in [7, 11) is 2.04. The van der Waals surface area contributed by atoms with Crippen LogP contribution in [0.3, 0.4) is 0 Å². The summed E-state index contributed by atoms with van der Waals surface area (Å²) in [6.07, 6.45) is 13.8. The van der Waals surface area contributed by atoms with Gasteiger partial charge in [0.15, 0.2) is 0 Å². The van der Waals surface area contributed by atoms with E-state index >= 15 is 0 Å². The monoisotopic (exact) mass is 398 g/mol. The lowest BCUT2D eigenvalue weighted by Gasteiger charge is -2.42. The zero-order valence-electron chi connectivity index (χ0n) is 18.1. The van der Waals surface area contributed by atoms with E-state index in [0.717, 1.165) is 45.1 Å². The Morgan fingerprint density at radius 3 is 2.62 bits per heavy atom. The van der Waals surface area contributed by atoms with Crippen LogP contribution in [-0.2, 0) is 11.3 Å². The number of pyridine rings is 1. The van der Waals surface area contributed by atoms with Crippen molar-refractivity contribution in [2.24, 2.45) is 11.8 Å². The standard InChI is InChI=1S/C24H38N4O/c1-26(17-20-6-2-3-7-20)24(29)22-9-5-13-28(19-22)23-10-14-27(15-11-23)18-21-8-4-12-25-16-21/h4,8,12,16,20,22-23H,2-3,5-7,9-11,13-15,17-19H2,1H3/t22-/m1/s1. The van der Waals surface area contributed by atoms with Gasteiger partial charge in [-0.25, -0.2) is 0 Å². The van der Waals surface area contributed by atoms with Gasteiger partial charge in [-0.15, -0.1) is 0 Å². The van der Waals surface area contributed by atoms with E-state index in [4.69, 9.17) is 0 Å². The first-order valence-electron chi connectivity index (χ1n) is 11.8. The summed E-state index contributed by atoms with van der Waals surface area (Å²) in [6.45, 7) is 6.42. The molecule has 2 aliphatic heterocycles. The molecule has 5 heteroatoms. The maximum Gasteiger partial charge on any atom is 0.226 e. The summed E-state index contributed by atoms with van der Waals surface area (Å²) in [5.74, 6) is 1.35. The summed E-state index contributed by atoms with van der Waals surface area (Å²) >= 11 is 0. The van der Waals surface area contributed by atoms with Crippen molar-refractivity contribution in [3.8, 4) is 0 Å². The molecule has 3 heterocycles. The summed E-state index contributed by atoms with van der Waals surface area (Å²) < 4.78 is 0. The van der Waals surface area contributed by atoms with Crippen molar-refractivity contribution in [1.29, 1.82) is 0 Å². The van der Waals surface area contributed by atoms with E-state index in [0.29, 0.717) is 11.9 Å². The number of carbonyl (C=O) groups is 1. The van der Waals surface area contributed by atoms with Gasteiger partial charge in [0.2, 0.25) is 5.91 Å². The van der Waals surface area contributed by atoms with Gasteiger partial charge in [0.05, 0.1) is 5.92 Å². The average molecular weight is 399 g/mol. The van der Waals surface area contributed by atoms with Gasteiger partial charge in [0.25, 0.3) is 0 Å². The van der Waals surface area contributed by atoms with Gasteiger partial charge in [-0.2, -0.15) is 0 Å². The highest BCUT2D eigenvalue weighted by molar-refractivity contribution is 5.79. The van der Waals surface area contributed by atoms with E-state index < -0.39 is 0 Å². The molecule has 0 spiro atoms. The van der Waals surface area contributed by atoms with Gasteiger partial charge in [0.1, 0.15) is 0 Å². The van der Waals surface area contributed by atoms with Crippen LogP contribution in [0.25, 0.3) is 0 Å². The number of hydrogen-bond donors (Lipinski definition) is 0. The Morgan fingerprint density at radius 1 is 1.10 bits per heavy atom. The maximum atomic E-state index is 13.1. The Kier molecular flexibility index (Phi) is 7.20. The molecular weight excluding hydrogens is 360 g/mol. The first kappa shape index (κ1) is 20.8. The van der Waals surface area contributed by atoms with Crippen molar-refractivity contribution in [3.63, 3.8) is 0 Å². The fourth-order valence-electron chi connectivity index (χ4n) is 5.71. The van der Waals surface area contributed by atoms with Crippen LogP contribution in [-0.4, -0.2) is 71.4 Å². The Balaban J connectivity index is 1.24. The third-order valence-corrected chi connectivity index (χ3v) is 7.39. The second kappa shape index (κ2) is 10.0. The third kappa shape index (κ3) is 5.58. The molecule has 0 aromatic carbocycles. The van der Waals surface area contributed by atoms with E-state index in [2.05, 4.69) is 25.8 Å². The predicted molar refractivity (Wildman–Crippen MR) is 116 cm³/mol. The first-order valence-corrected chi connectivity index (χ1v) is 11.8. The molecule has 29 heavy (non-hydrogen) atoms. The number of amides is 1. The Hall–Kier alpha value is -1.46. The summed E-state index contributed by atoms with van der Waals surface area (Å²) in [4.78, 5) is 24.5. The highest BCUT2D eigenvalue weighted by Crippen LogP contribution is 2.28. The smallest absolute Gasteiger partial charge is 0.226 e. The molecule has 4 rings (SSSR count). The van der Waals surface area contributed by atoms with Crippen LogP contribution in [0.1, 0.15) is 56.9 Å². The Bertz CT molecular complexity index is 638. The minimum atomic E-state index is 0.212. The topological polar surface area (TPSA) is 39.7 Å². The molecule has 1 aliphatic carbocycles. The number of hydrogen-bond acceptors (Lipinski definition) is 4. The lowest BCUT2D eigenvalue weighted by molar-refractivity contribution is -0.137. The number of aromatic nitrogens is 1. The molecular formula is C24H38N4O. The first-order chi connectivity index (χ1) is 14.2. The number of carbonyl (C=O) groups excluding carboxylic acids is 1. The Morgan fingerprint density at radius 2 is 1.90 bits per heavy atom. The molecule has 1 saturated carbocycles. The quantitative estimate of drug-likeness (QED) is 0.736. The molecule has 3 aliphatic rings. The number of nitrogens with zero attached hydrogens (tertiary/aromatic N) is 4. The predicted octanol–water partition coefficient (Wildman–Crippen LogP) is 3.41. The van der Waals surface area contributed by atoms with Crippen LogP contribution in [0.4, 0.5) is 0 Å². The van der Waals surface area contributed by atoms with Crippen molar-refractivity contribution < 1.29 is 4.79 Å². The molecule has 0 bridgehead atoms. The van der Waals surface area contributed by atoms with E-state index in [1.807, 2.05) is 25.5 Å². The molecule has 0 unspecified atom stereocenters. The molecule has 0 N–H and O–H groups in total. The lowest BCUT2D eigenvalue weighted by atomic mass is 9.92. The molecule has 1 aromatic heterocycles. The van der Waals surface area contributed by atoms with E-state index in [1.165, 1.54) is 57.1 Å². The van der Waals surface area contributed by atoms with Crippen molar-refractivity contribution in [2.45, 2.75) is 64.0 Å². The molecule has 1 amide bonds. The van der Waals surface area contributed by atoms with Crippen LogP contribution in [0.5, 0.6) is 0 Å². The summed E-state index contributed by atoms with van der Waals surface area (Å²) in [6, 6.07) is 4.84. The van der Waals surface area contributed by atoms with Gasteiger partial charge >= 0.3 is 0 Å². The summed E-state index contributed by atoms with van der Waals surface area (Å²) in [5, 5.41) is 0. The molecule has 160 valence electrons. The van der Waals surface area contributed by atoms with E-state index in [9.17, 15) is 4.79 Å². The van der Waals surface area contributed by atoms with Crippen molar-refractivity contribution in [3.05, 3.63) is 30.1 Å². The highest BCUT2D eigenvalue weighted by atomic mass is 16.2. The molecule has 1 aromatic rings. The van der Waals surface area contributed by atoms with Crippen molar-refractivity contribution in [2.75, 3.05) is 39.8 Å². The number of piperidine rings is 2. The molecule has 1 atom stereocenters. The minimum Gasteiger partial charge on any atom is -0.345 e. The van der Waals surface area contributed by atoms with Gasteiger partial charge in [-0.3, -0.25) is 19.6 Å². The SMILES string of the molecule is CN(CC1CCCC1)C(=O)[C@@H]1CCCN(C2CCN(Cc3cccnc3)CC2)C1. The maximum absolute atomic E-state index is 13.1. The molecule has 3 fully saturated rings. The zero-order valence-corrected chi connectivity index (χ0v) is 18.1. The summed E-state index contributed by atoms with van der Waals surface area (Å²) in [5.41, 5.74) is 1.31. The molecule has 0 radical (unpaired) electrons. The van der Waals surface area contributed by atoms with Crippen LogP contribution >= 0.6 is 0 Å². The fourth-order valence-corrected chi connectivity index (χ4v) is 5.71. The van der Waals surface area contributed by atoms with Crippen LogP contribution < -0.4 is 0 Å². The second-order valence-electron chi connectivity index (χ2n) is 9.57. The molecule has 2 saturated heterocycles. The van der Waals surface area contributed by atoms with Gasteiger partial charge < -0.3 is 4.90 Å². The van der Waals surface area contributed by atoms with Gasteiger partial charge in [0, 0.05) is 45.1 Å². The largest absolute Gasteiger partial charge is 0.345 e. The number of likely N-dealkylation sites (tertiary alicyclic amines) is 2. The van der Waals surface area contributed by atoms with Gasteiger partial charge in [-0.1, -0.05) is 18.9 Å². The Labute approximate surface area is 176 Å².